The molecule has 104 valence electrons. The van der Waals surface area contributed by atoms with E-state index in [4.69, 9.17) is 0 Å². The van der Waals surface area contributed by atoms with Crippen molar-refractivity contribution in [3.05, 3.63) is 0 Å². The first-order chi connectivity index (χ1) is 8.66. The SMILES string of the molecule is CC(C)N1CCC[C@@H](NC(=O)C2CCNCC2)C1. The van der Waals surface area contributed by atoms with Gasteiger partial charge < -0.3 is 10.6 Å². The molecule has 2 fully saturated rings. The smallest absolute Gasteiger partial charge is 0.223 e. The first kappa shape index (κ1) is 13.8. The summed E-state index contributed by atoms with van der Waals surface area (Å²) in [6.07, 6.45) is 4.33. The number of carbonyl (C=O) groups is 1. The number of likely N-dealkylation sites (tertiary alicyclic amines) is 1. The Bertz CT molecular complexity index is 274. The van der Waals surface area contributed by atoms with Crippen LogP contribution in [0.3, 0.4) is 0 Å². The lowest BCUT2D eigenvalue weighted by Crippen LogP contribution is -2.51. The standard InChI is InChI=1S/C14H27N3O/c1-11(2)17-9-3-4-13(10-17)16-14(18)12-5-7-15-8-6-12/h11-13,15H,3-10H2,1-2H3,(H,16,18)/t13-/m1/s1. The van der Waals surface area contributed by atoms with E-state index < -0.39 is 0 Å². The monoisotopic (exact) mass is 253 g/mol. The van der Waals surface area contributed by atoms with Crippen LogP contribution in [0.25, 0.3) is 0 Å². The van der Waals surface area contributed by atoms with Crippen LogP contribution in [-0.2, 0) is 4.79 Å². The fourth-order valence-electron chi connectivity index (χ4n) is 3.00. The maximum absolute atomic E-state index is 12.2. The number of hydrogen-bond acceptors (Lipinski definition) is 3. The highest BCUT2D eigenvalue weighted by atomic mass is 16.1. The van der Waals surface area contributed by atoms with E-state index in [9.17, 15) is 4.79 Å². The lowest BCUT2D eigenvalue weighted by atomic mass is 9.96. The van der Waals surface area contributed by atoms with Gasteiger partial charge in [0.15, 0.2) is 0 Å². The maximum atomic E-state index is 12.2. The van der Waals surface area contributed by atoms with Gasteiger partial charge in [-0.3, -0.25) is 9.69 Å². The van der Waals surface area contributed by atoms with E-state index in [0.717, 1.165) is 38.9 Å². The zero-order valence-electron chi connectivity index (χ0n) is 11.7. The van der Waals surface area contributed by atoms with Crippen LogP contribution in [0.5, 0.6) is 0 Å². The highest BCUT2D eigenvalue weighted by Crippen LogP contribution is 2.16. The molecule has 0 bridgehead atoms. The summed E-state index contributed by atoms with van der Waals surface area (Å²) in [5.41, 5.74) is 0. The van der Waals surface area contributed by atoms with Crippen molar-refractivity contribution in [1.29, 1.82) is 0 Å². The minimum absolute atomic E-state index is 0.237. The Hall–Kier alpha value is -0.610. The van der Waals surface area contributed by atoms with E-state index in [0.29, 0.717) is 12.1 Å². The lowest BCUT2D eigenvalue weighted by molar-refractivity contribution is -0.126. The number of rotatable bonds is 3. The van der Waals surface area contributed by atoms with E-state index in [1.807, 2.05) is 0 Å². The van der Waals surface area contributed by atoms with E-state index >= 15 is 0 Å². The molecule has 0 aromatic carbocycles. The van der Waals surface area contributed by atoms with Crippen LogP contribution in [0.15, 0.2) is 0 Å². The second-order valence-corrected chi connectivity index (χ2v) is 5.96. The van der Waals surface area contributed by atoms with E-state index in [1.165, 1.54) is 13.0 Å². The minimum atomic E-state index is 0.237. The third kappa shape index (κ3) is 3.69. The quantitative estimate of drug-likeness (QED) is 0.788. The normalized spacial score (nSPS) is 27.4. The van der Waals surface area contributed by atoms with Gasteiger partial charge in [-0.15, -0.1) is 0 Å². The predicted octanol–water partition coefficient (Wildman–Crippen LogP) is 0.975. The Labute approximate surface area is 110 Å². The molecule has 2 aliphatic heterocycles. The Kier molecular flexibility index (Phi) is 5.01. The molecule has 0 aliphatic carbocycles. The third-order valence-corrected chi connectivity index (χ3v) is 4.24. The van der Waals surface area contributed by atoms with Crippen LogP contribution in [0.4, 0.5) is 0 Å². The first-order valence-corrected chi connectivity index (χ1v) is 7.42. The average molecular weight is 253 g/mol. The van der Waals surface area contributed by atoms with Gasteiger partial charge >= 0.3 is 0 Å². The van der Waals surface area contributed by atoms with Crippen molar-refractivity contribution in [2.75, 3.05) is 26.2 Å². The summed E-state index contributed by atoms with van der Waals surface area (Å²) < 4.78 is 0. The third-order valence-electron chi connectivity index (χ3n) is 4.24. The summed E-state index contributed by atoms with van der Waals surface area (Å²) in [5, 5.41) is 6.57. The molecule has 0 unspecified atom stereocenters. The lowest BCUT2D eigenvalue weighted by Gasteiger charge is -2.36. The molecule has 4 heteroatoms. The molecular formula is C14H27N3O. The van der Waals surface area contributed by atoms with Gasteiger partial charge in [-0.2, -0.15) is 0 Å². The number of amides is 1. The molecule has 0 aromatic heterocycles. The molecule has 0 spiro atoms. The topological polar surface area (TPSA) is 44.4 Å². The molecule has 0 radical (unpaired) electrons. The minimum Gasteiger partial charge on any atom is -0.352 e. The first-order valence-electron chi connectivity index (χ1n) is 7.42. The van der Waals surface area contributed by atoms with E-state index in [1.54, 1.807) is 0 Å². The predicted molar refractivity (Wildman–Crippen MR) is 73.5 cm³/mol. The zero-order valence-corrected chi connectivity index (χ0v) is 11.7. The number of hydrogen-bond donors (Lipinski definition) is 2. The highest BCUT2D eigenvalue weighted by molar-refractivity contribution is 5.79. The summed E-state index contributed by atoms with van der Waals surface area (Å²) in [7, 11) is 0. The second-order valence-electron chi connectivity index (χ2n) is 5.96. The van der Waals surface area contributed by atoms with E-state index in [2.05, 4.69) is 29.4 Å². The van der Waals surface area contributed by atoms with Crippen molar-refractivity contribution in [2.45, 2.75) is 51.6 Å². The number of carbonyl (C=O) groups excluding carboxylic acids is 1. The van der Waals surface area contributed by atoms with Crippen LogP contribution in [0.2, 0.25) is 0 Å². The second kappa shape index (κ2) is 6.53. The molecule has 2 rings (SSSR count). The maximum Gasteiger partial charge on any atom is 0.223 e. The number of piperidine rings is 2. The van der Waals surface area contributed by atoms with Crippen molar-refractivity contribution in [1.82, 2.24) is 15.5 Å². The summed E-state index contributed by atoms with van der Waals surface area (Å²) in [6, 6.07) is 0.951. The molecule has 0 saturated carbocycles. The summed E-state index contributed by atoms with van der Waals surface area (Å²) in [5.74, 6) is 0.521. The van der Waals surface area contributed by atoms with Gasteiger partial charge in [-0.05, 0) is 59.2 Å². The largest absolute Gasteiger partial charge is 0.352 e. The molecule has 2 saturated heterocycles. The van der Waals surface area contributed by atoms with Gasteiger partial charge in [0.1, 0.15) is 0 Å². The average Bonchev–Trinajstić information content (AvgIpc) is 2.40. The van der Waals surface area contributed by atoms with Gasteiger partial charge in [0.25, 0.3) is 0 Å². The summed E-state index contributed by atoms with van der Waals surface area (Å²) in [4.78, 5) is 14.7. The Morgan fingerprint density at radius 2 is 2.00 bits per heavy atom. The Morgan fingerprint density at radius 1 is 1.28 bits per heavy atom. The van der Waals surface area contributed by atoms with Crippen LogP contribution in [0.1, 0.15) is 39.5 Å². The van der Waals surface area contributed by atoms with Gasteiger partial charge in [0.05, 0.1) is 0 Å². The summed E-state index contributed by atoms with van der Waals surface area (Å²) >= 11 is 0. The molecule has 2 N–H and O–H groups in total. The van der Waals surface area contributed by atoms with Crippen molar-refractivity contribution in [2.24, 2.45) is 5.92 Å². The van der Waals surface area contributed by atoms with Crippen LogP contribution >= 0.6 is 0 Å². The van der Waals surface area contributed by atoms with Gasteiger partial charge in [-0.1, -0.05) is 0 Å². The fourth-order valence-corrected chi connectivity index (χ4v) is 3.00. The van der Waals surface area contributed by atoms with Crippen LogP contribution in [-0.4, -0.2) is 49.1 Å². The van der Waals surface area contributed by atoms with Crippen LogP contribution < -0.4 is 10.6 Å². The molecule has 1 amide bonds. The fraction of sp³-hybridized carbons (Fsp3) is 0.929. The molecular weight excluding hydrogens is 226 g/mol. The summed E-state index contributed by atoms with van der Waals surface area (Å²) in [6.45, 7) is 8.64. The van der Waals surface area contributed by atoms with Crippen molar-refractivity contribution in [3.8, 4) is 0 Å². The van der Waals surface area contributed by atoms with Crippen molar-refractivity contribution < 1.29 is 4.79 Å². The Balaban J connectivity index is 1.79. The van der Waals surface area contributed by atoms with Gasteiger partial charge in [0, 0.05) is 24.5 Å². The number of nitrogens with zero attached hydrogens (tertiary/aromatic N) is 1. The highest BCUT2D eigenvalue weighted by Gasteiger charge is 2.26. The van der Waals surface area contributed by atoms with Gasteiger partial charge in [-0.25, -0.2) is 0 Å². The zero-order chi connectivity index (χ0) is 13.0. The van der Waals surface area contributed by atoms with Gasteiger partial charge in [0.2, 0.25) is 5.91 Å². The molecule has 18 heavy (non-hydrogen) atoms. The molecule has 2 heterocycles. The molecule has 4 nitrogen and oxygen atoms in total. The molecule has 1 atom stereocenters. The van der Waals surface area contributed by atoms with E-state index in [-0.39, 0.29) is 11.8 Å². The Morgan fingerprint density at radius 3 is 2.67 bits per heavy atom. The molecule has 2 aliphatic rings. The number of nitrogens with one attached hydrogen (secondary N) is 2. The molecule has 0 aromatic rings. The van der Waals surface area contributed by atoms with Crippen LogP contribution in [0, 0.1) is 5.92 Å². The van der Waals surface area contributed by atoms with Crippen molar-refractivity contribution >= 4 is 5.91 Å². The van der Waals surface area contributed by atoms with Crippen molar-refractivity contribution in [3.63, 3.8) is 0 Å².